The number of rotatable bonds is 5. The summed E-state index contributed by atoms with van der Waals surface area (Å²) in [5, 5.41) is 0. The second kappa shape index (κ2) is 6.55. The number of Topliss-reactive ketones (excluding diaryl/α,β-unsaturated/α-hetero) is 1. The summed E-state index contributed by atoms with van der Waals surface area (Å²) in [6.45, 7) is 3.16. The molecule has 1 saturated heterocycles. The monoisotopic (exact) mass is 248 g/mol. The third kappa shape index (κ3) is 4.15. The fraction of sp³-hybridized carbons (Fsp3) is 0.533. The van der Waals surface area contributed by atoms with E-state index in [0.29, 0.717) is 13.0 Å². The van der Waals surface area contributed by atoms with Gasteiger partial charge in [-0.2, -0.15) is 0 Å². The molecule has 18 heavy (non-hydrogen) atoms. The quantitative estimate of drug-likeness (QED) is 0.803. The summed E-state index contributed by atoms with van der Waals surface area (Å²) in [5.74, 6) is 1.12. The lowest BCUT2D eigenvalue weighted by molar-refractivity contribution is -0.116. The van der Waals surface area contributed by atoms with E-state index in [1.807, 2.05) is 24.3 Å². The highest BCUT2D eigenvalue weighted by Crippen LogP contribution is 2.18. The van der Waals surface area contributed by atoms with E-state index in [1.54, 1.807) is 6.92 Å². The fourth-order valence-electron chi connectivity index (χ4n) is 2.05. The second-order valence-corrected chi connectivity index (χ2v) is 4.80. The van der Waals surface area contributed by atoms with Crippen LogP contribution in [0.15, 0.2) is 24.3 Å². The van der Waals surface area contributed by atoms with E-state index in [1.165, 1.54) is 5.56 Å². The molecule has 2 rings (SSSR count). The van der Waals surface area contributed by atoms with Crippen LogP contribution in [0.4, 0.5) is 0 Å². The maximum Gasteiger partial charge on any atom is 0.130 e. The zero-order valence-corrected chi connectivity index (χ0v) is 10.9. The van der Waals surface area contributed by atoms with Gasteiger partial charge in [0.2, 0.25) is 0 Å². The van der Waals surface area contributed by atoms with Crippen LogP contribution in [0.2, 0.25) is 0 Å². The third-order valence-electron chi connectivity index (χ3n) is 3.11. The number of hydrogen-bond donors (Lipinski definition) is 0. The predicted molar refractivity (Wildman–Crippen MR) is 69.9 cm³/mol. The van der Waals surface area contributed by atoms with Crippen LogP contribution in [0, 0.1) is 0 Å². The number of carbonyl (C=O) groups is 1. The van der Waals surface area contributed by atoms with Crippen molar-refractivity contribution in [3.63, 3.8) is 0 Å². The van der Waals surface area contributed by atoms with Crippen LogP contribution < -0.4 is 4.74 Å². The number of aryl methyl sites for hydroxylation is 1. The molecular weight excluding hydrogens is 228 g/mol. The van der Waals surface area contributed by atoms with E-state index in [-0.39, 0.29) is 11.9 Å². The van der Waals surface area contributed by atoms with Crippen molar-refractivity contribution >= 4 is 5.78 Å². The molecule has 0 amide bonds. The van der Waals surface area contributed by atoms with Crippen LogP contribution in [-0.4, -0.2) is 25.1 Å². The highest BCUT2D eigenvalue weighted by Gasteiger charge is 2.15. The summed E-state index contributed by atoms with van der Waals surface area (Å²) in [6, 6.07) is 8.01. The number of benzene rings is 1. The smallest absolute Gasteiger partial charge is 0.130 e. The van der Waals surface area contributed by atoms with Crippen molar-refractivity contribution in [1.29, 1.82) is 0 Å². The van der Waals surface area contributed by atoms with E-state index >= 15 is 0 Å². The molecule has 1 aromatic rings. The summed E-state index contributed by atoms with van der Waals surface area (Å²) in [6.07, 6.45) is 3.73. The van der Waals surface area contributed by atoms with Crippen LogP contribution in [-0.2, 0) is 16.0 Å². The molecule has 0 N–H and O–H groups in total. The predicted octanol–water partition coefficient (Wildman–Crippen LogP) is 2.77. The summed E-state index contributed by atoms with van der Waals surface area (Å²) < 4.78 is 11.2. The van der Waals surface area contributed by atoms with Gasteiger partial charge in [0.1, 0.15) is 17.6 Å². The molecule has 0 saturated carbocycles. The van der Waals surface area contributed by atoms with Gasteiger partial charge in [0.05, 0.1) is 6.61 Å². The van der Waals surface area contributed by atoms with Gasteiger partial charge in [-0.25, -0.2) is 0 Å². The Labute approximate surface area is 108 Å². The normalized spacial score (nSPS) is 19.5. The van der Waals surface area contributed by atoms with Crippen molar-refractivity contribution in [2.75, 3.05) is 13.2 Å². The minimum Gasteiger partial charge on any atom is -0.488 e. The van der Waals surface area contributed by atoms with Crippen molar-refractivity contribution in [3.05, 3.63) is 29.8 Å². The number of hydrogen-bond acceptors (Lipinski definition) is 3. The Balaban J connectivity index is 1.84. The summed E-state index contributed by atoms with van der Waals surface area (Å²) in [4.78, 5) is 10.9. The van der Waals surface area contributed by atoms with Crippen molar-refractivity contribution < 1.29 is 14.3 Å². The molecule has 1 unspecified atom stereocenters. The van der Waals surface area contributed by atoms with Crippen LogP contribution in [0.5, 0.6) is 5.75 Å². The molecule has 1 atom stereocenters. The molecule has 0 radical (unpaired) electrons. The van der Waals surface area contributed by atoms with Gasteiger partial charge < -0.3 is 14.3 Å². The molecule has 1 aromatic carbocycles. The molecule has 1 aliphatic heterocycles. The van der Waals surface area contributed by atoms with E-state index < -0.39 is 0 Å². The maximum atomic E-state index is 10.9. The number of ketones is 1. The summed E-state index contributed by atoms with van der Waals surface area (Å²) in [7, 11) is 0. The average Bonchev–Trinajstić information content (AvgIpc) is 2.39. The highest BCUT2D eigenvalue weighted by atomic mass is 16.5. The Morgan fingerprint density at radius 1 is 1.39 bits per heavy atom. The average molecular weight is 248 g/mol. The zero-order chi connectivity index (χ0) is 12.8. The van der Waals surface area contributed by atoms with Gasteiger partial charge in [-0.3, -0.25) is 0 Å². The third-order valence-corrected chi connectivity index (χ3v) is 3.11. The first kappa shape index (κ1) is 13.1. The molecule has 3 heteroatoms. The summed E-state index contributed by atoms with van der Waals surface area (Å²) >= 11 is 0. The lowest BCUT2D eigenvalue weighted by atomic mass is 10.1. The molecule has 1 aliphatic rings. The first-order valence-corrected chi connectivity index (χ1v) is 6.57. The minimum absolute atomic E-state index is 0.182. The van der Waals surface area contributed by atoms with Crippen LogP contribution >= 0.6 is 0 Å². The van der Waals surface area contributed by atoms with Gasteiger partial charge >= 0.3 is 0 Å². The number of carbonyl (C=O) groups excluding carboxylic acids is 1. The molecule has 0 aromatic heterocycles. The lowest BCUT2D eigenvalue weighted by Crippen LogP contribution is -2.27. The molecule has 1 fully saturated rings. The van der Waals surface area contributed by atoms with Crippen LogP contribution in [0.25, 0.3) is 0 Å². The van der Waals surface area contributed by atoms with Crippen molar-refractivity contribution in [2.45, 2.75) is 38.7 Å². The highest BCUT2D eigenvalue weighted by molar-refractivity contribution is 5.75. The second-order valence-electron chi connectivity index (χ2n) is 4.80. The molecule has 1 heterocycles. The topological polar surface area (TPSA) is 35.5 Å². The Hall–Kier alpha value is -1.35. The van der Waals surface area contributed by atoms with Crippen molar-refractivity contribution in [2.24, 2.45) is 0 Å². The first-order chi connectivity index (χ1) is 8.74. The first-order valence-electron chi connectivity index (χ1n) is 6.57. The molecule has 98 valence electrons. The molecule has 0 spiro atoms. The Bertz CT molecular complexity index is 377. The standard InChI is InChI=1S/C15H20O3/c1-12(16)4-5-13-6-8-14(9-7-13)18-15-3-2-10-17-11-15/h6-9,15H,2-5,10-11H2,1H3. The number of ether oxygens (including phenoxy) is 2. The van der Waals surface area contributed by atoms with E-state index in [9.17, 15) is 4.79 Å². The van der Waals surface area contributed by atoms with Crippen molar-refractivity contribution in [3.8, 4) is 5.75 Å². The Morgan fingerprint density at radius 2 is 2.17 bits per heavy atom. The largest absolute Gasteiger partial charge is 0.488 e. The van der Waals surface area contributed by atoms with E-state index in [2.05, 4.69) is 0 Å². The zero-order valence-electron chi connectivity index (χ0n) is 10.9. The van der Waals surface area contributed by atoms with Gasteiger partial charge in [-0.1, -0.05) is 12.1 Å². The maximum absolute atomic E-state index is 10.9. The van der Waals surface area contributed by atoms with Crippen LogP contribution in [0.3, 0.4) is 0 Å². The van der Waals surface area contributed by atoms with Gasteiger partial charge in [0, 0.05) is 13.0 Å². The molecule has 0 aliphatic carbocycles. The molecule has 3 nitrogen and oxygen atoms in total. The molecule has 0 bridgehead atoms. The van der Waals surface area contributed by atoms with Gasteiger partial charge in [0.25, 0.3) is 0 Å². The van der Waals surface area contributed by atoms with E-state index in [4.69, 9.17) is 9.47 Å². The Morgan fingerprint density at radius 3 is 2.78 bits per heavy atom. The van der Waals surface area contributed by atoms with E-state index in [0.717, 1.165) is 31.6 Å². The van der Waals surface area contributed by atoms with Gasteiger partial charge in [0.15, 0.2) is 0 Å². The fourth-order valence-corrected chi connectivity index (χ4v) is 2.05. The lowest BCUT2D eigenvalue weighted by Gasteiger charge is -2.23. The van der Waals surface area contributed by atoms with Gasteiger partial charge in [-0.15, -0.1) is 0 Å². The van der Waals surface area contributed by atoms with Gasteiger partial charge in [-0.05, 0) is 43.9 Å². The Kier molecular flexibility index (Phi) is 4.76. The SMILES string of the molecule is CC(=O)CCc1ccc(OC2CCCOC2)cc1. The molecular formula is C15H20O3. The summed E-state index contributed by atoms with van der Waals surface area (Å²) in [5.41, 5.74) is 1.18. The van der Waals surface area contributed by atoms with Crippen molar-refractivity contribution in [1.82, 2.24) is 0 Å². The van der Waals surface area contributed by atoms with Crippen LogP contribution in [0.1, 0.15) is 31.7 Å². The minimum atomic E-state index is 0.182.